The first kappa shape index (κ1) is 14.9. The van der Waals surface area contributed by atoms with Crippen molar-refractivity contribution in [2.75, 3.05) is 25.0 Å². The highest BCUT2D eigenvalue weighted by molar-refractivity contribution is 9.10. The van der Waals surface area contributed by atoms with Crippen LogP contribution in [0.4, 0.5) is 5.82 Å². The summed E-state index contributed by atoms with van der Waals surface area (Å²) in [6.07, 6.45) is 6.72. The lowest BCUT2D eigenvalue weighted by Gasteiger charge is -2.43. The van der Waals surface area contributed by atoms with Gasteiger partial charge in [-0.25, -0.2) is 4.98 Å². The summed E-state index contributed by atoms with van der Waals surface area (Å²) in [7, 11) is 0. The molecule has 2 atom stereocenters. The van der Waals surface area contributed by atoms with Gasteiger partial charge in [0.1, 0.15) is 5.82 Å². The Morgan fingerprint density at radius 3 is 3.10 bits per heavy atom. The first-order chi connectivity index (χ1) is 10.2. The van der Waals surface area contributed by atoms with Crippen LogP contribution >= 0.6 is 15.9 Å². The fourth-order valence-corrected chi connectivity index (χ4v) is 3.42. The number of pyridine rings is 1. The smallest absolute Gasteiger partial charge is 0.239 e. The van der Waals surface area contributed by atoms with Crippen molar-refractivity contribution < 1.29 is 9.53 Å². The van der Waals surface area contributed by atoms with Crippen molar-refractivity contribution in [1.82, 2.24) is 9.88 Å². The number of morpholine rings is 1. The summed E-state index contributed by atoms with van der Waals surface area (Å²) in [6, 6.07) is 4.07. The van der Waals surface area contributed by atoms with Gasteiger partial charge in [0.2, 0.25) is 5.91 Å². The predicted octanol–water partition coefficient (Wildman–Crippen LogP) is 2.43. The van der Waals surface area contributed by atoms with E-state index in [0.29, 0.717) is 24.5 Å². The average Bonchev–Trinajstić information content (AvgIpc) is 2.50. The second-order valence-corrected chi connectivity index (χ2v) is 6.56. The number of nitrogens with one attached hydrogen (secondary N) is 1. The van der Waals surface area contributed by atoms with E-state index in [2.05, 4.69) is 31.1 Å². The molecule has 1 saturated carbocycles. The van der Waals surface area contributed by atoms with E-state index in [1.54, 1.807) is 12.3 Å². The molecular formula is C15H20BrN3O2. The first-order valence-corrected chi connectivity index (χ1v) is 8.29. The Bertz CT molecular complexity index is 492. The third-order valence-electron chi connectivity index (χ3n) is 4.19. The molecule has 1 aliphatic heterocycles. The van der Waals surface area contributed by atoms with Crippen molar-refractivity contribution in [2.24, 2.45) is 0 Å². The molecular weight excluding hydrogens is 334 g/mol. The van der Waals surface area contributed by atoms with Gasteiger partial charge < -0.3 is 10.1 Å². The average molecular weight is 354 g/mol. The zero-order valence-electron chi connectivity index (χ0n) is 11.9. The summed E-state index contributed by atoms with van der Waals surface area (Å²) >= 11 is 3.33. The van der Waals surface area contributed by atoms with E-state index in [1.165, 1.54) is 12.8 Å². The lowest BCUT2D eigenvalue weighted by molar-refractivity contribution is -0.124. The van der Waals surface area contributed by atoms with Crippen molar-refractivity contribution in [3.05, 3.63) is 22.8 Å². The van der Waals surface area contributed by atoms with E-state index in [4.69, 9.17) is 4.74 Å². The van der Waals surface area contributed by atoms with E-state index in [-0.39, 0.29) is 5.91 Å². The molecule has 2 unspecified atom stereocenters. The molecule has 1 aliphatic carbocycles. The Balaban J connectivity index is 1.57. The van der Waals surface area contributed by atoms with Crippen molar-refractivity contribution in [3.63, 3.8) is 0 Å². The van der Waals surface area contributed by atoms with Crippen LogP contribution in [0.25, 0.3) is 0 Å². The van der Waals surface area contributed by atoms with Crippen LogP contribution in [0.5, 0.6) is 0 Å². The number of anilines is 1. The molecule has 2 aliphatic rings. The number of carbonyl (C=O) groups is 1. The molecule has 114 valence electrons. The molecule has 0 spiro atoms. The lowest BCUT2D eigenvalue weighted by Crippen LogP contribution is -2.54. The predicted molar refractivity (Wildman–Crippen MR) is 84.1 cm³/mol. The van der Waals surface area contributed by atoms with Gasteiger partial charge >= 0.3 is 0 Å². The quantitative estimate of drug-likeness (QED) is 0.906. The molecule has 5 nitrogen and oxygen atoms in total. The minimum absolute atomic E-state index is 0.00366. The van der Waals surface area contributed by atoms with Gasteiger partial charge in [0, 0.05) is 23.3 Å². The molecule has 0 radical (unpaired) electrons. The van der Waals surface area contributed by atoms with Crippen molar-refractivity contribution >= 4 is 27.7 Å². The lowest BCUT2D eigenvalue weighted by atomic mass is 9.90. The van der Waals surface area contributed by atoms with Gasteiger partial charge in [0.15, 0.2) is 0 Å². The summed E-state index contributed by atoms with van der Waals surface area (Å²) < 4.78 is 6.74. The van der Waals surface area contributed by atoms with Gasteiger partial charge in [-0.3, -0.25) is 9.69 Å². The van der Waals surface area contributed by atoms with Gasteiger partial charge in [-0.15, -0.1) is 0 Å². The van der Waals surface area contributed by atoms with Crippen LogP contribution in [-0.2, 0) is 9.53 Å². The molecule has 1 amide bonds. The summed E-state index contributed by atoms with van der Waals surface area (Å²) in [5.41, 5.74) is 0. The summed E-state index contributed by atoms with van der Waals surface area (Å²) in [4.78, 5) is 18.6. The van der Waals surface area contributed by atoms with Gasteiger partial charge in [-0.1, -0.05) is 12.8 Å². The molecule has 3 rings (SSSR count). The molecule has 1 saturated heterocycles. The summed E-state index contributed by atoms with van der Waals surface area (Å²) in [5.74, 6) is 0.590. The molecule has 1 N–H and O–H groups in total. The number of nitrogens with zero attached hydrogens (tertiary/aromatic N) is 2. The van der Waals surface area contributed by atoms with E-state index < -0.39 is 0 Å². The van der Waals surface area contributed by atoms with E-state index in [1.807, 2.05) is 6.07 Å². The zero-order chi connectivity index (χ0) is 14.7. The SMILES string of the molecule is O=C(CN1CCOC2CCCCC21)Nc1ccc(Br)cn1. The van der Waals surface area contributed by atoms with Crippen LogP contribution in [0.15, 0.2) is 22.8 Å². The fraction of sp³-hybridized carbons (Fsp3) is 0.600. The number of rotatable bonds is 3. The van der Waals surface area contributed by atoms with Crippen LogP contribution in [0, 0.1) is 0 Å². The van der Waals surface area contributed by atoms with E-state index in [9.17, 15) is 4.79 Å². The molecule has 0 aromatic carbocycles. The topological polar surface area (TPSA) is 54.5 Å². The minimum Gasteiger partial charge on any atom is -0.375 e. The van der Waals surface area contributed by atoms with E-state index >= 15 is 0 Å². The maximum Gasteiger partial charge on any atom is 0.239 e. The van der Waals surface area contributed by atoms with Crippen LogP contribution in [0.2, 0.25) is 0 Å². The Morgan fingerprint density at radius 2 is 2.29 bits per heavy atom. The van der Waals surface area contributed by atoms with Crippen molar-refractivity contribution in [2.45, 2.75) is 37.8 Å². The zero-order valence-corrected chi connectivity index (χ0v) is 13.5. The second-order valence-electron chi connectivity index (χ2n) is 5.64. The van der Waals surface area contributed by atoms with Crippen LogP contribution in [-0.4, -0.2) is 47.6 Å². The fourth-order valence-electron chi connectivity index (χ4n) is 3.19. The van der Waals surface area contributed by atoms with Crippen LogP contribution in [0.1, 0.15) is 25.7 Å². The Hall–Kier alpha value is -0.980. The normalized spacial score (nSPS) is 26.1. The Morgan fingerprint density at radius 1 is 1.43 bits per heavy atom. The highest BCUT2D eigenvalue weighted by Crippen LogP contribution is 2.28. The minimum atomic E-state index is -0.00366. The van der Waals surface area contributed by atoms with Crippen molar-refractivity contribution in [3.8, 4) is 0 Å². The second kappa shape index (κ2) is 6.85. The third kappa shape index (κ3) is 3.81. The number of amides is 1. The molecule has 21 heavy (non-hydrogen) atoms. The van der Waals surface area contributed by atoms with Gasteiger partial charge in [0.05, 0.1) is 19.3 Å². The number of halogens is 1. The van der Waals surface area contributed by atoms with Gasteiger partial charge in [0.25, 0.3) is 0 Å². The number of fused-ring (bicyclic) bond motifs is 1. The van der Waals surface area contributed by atoms with Crippen molar-refractivity contribution in [1.29, 1.82) is 0 Å². The number of ether oxygens (including phenoxy) is 1. The first-order valence-electron chi connectivity index (χ1n) is 7.49. The number of hydrogen-bond donors (Lipinski definition) is 1. The molecule has 1 aromatic heterocycles. The maximum absolute atomic E-state index is 12.2. The monoisotopic (exact) mass is 353 g/mol. The van der Waals surface area contributed by atoms with Crippen LogP contribution < -0.4 is 5.32 Å². The maximum atomic E-state index is 12.2. The van der Waals surface area contributed by atoms with Gasteiger partial charge in [-0.05, 0) is 40.9 Å². The standard InChI is InChI=1S/C15H20BrN3O2/c16-11-5-6-14(17-9-11)18-15(20)10-19-7-8-21-13-4-2-1-3-12(13)19/h5-6,9,12-13H,1-4,7-8,10H2,(H,17,18,20). The molecule has 0 bridgehead atoms. The summed E-state index contributed by atoms with van der Waals surface area (Å²) in [5, 5.41) is 2.86. The highest BCUT2D eigenvalue weighted by Gasteiger charge is 2.34. The number of aromatic nitrogens is 1. The Kier molecular flexibility index (Phi) is 4.87. The number of hydrogen-bond acceptors (Lipinski definition) is 4. The highest BCUT2D eigenvalue weighted by atomic mass is 79.9. The third-order valence-corrected chi connectivity index (χ3v) is 4.66. The number of carbonyl (C=O) groups excluding carboxylic acids is 1. The molecule has 2 fully saturated rings. The van der Waals surface area contributed by atoms with Gasteiger partial charge in [-0.2, -0.15) is 0 Å². The molecule has 1 aromatic rings. The molecule has 6 heteroatoms. The molecule has 2 heterocycles. The van der Waals surface area contributed by atoms with Crippen LogP contribution in [0.3, 0.4) is 0 Å². The Labute approximate surface area is 133 Å². The largest absolute Gasteiger partial charge is 0.375 e. The summed E-state index contributed by atoms with van der Waals surface area (Å²) in [6.45, 7) is 1.98. The van der Waals surface area contributed by atoms with E-state index in [0.717, 1.165) is 30.5 Å².